The predicted molar refractivity (Wildman–Crippen MR) is 44.6 cm³/mol. The van der Waals surface area contributed by atoms with Crippen molar-refractivity contribution in [3.63, 3.8) is 0 Å². The first-order chi connectivity index (χ1) is 5.27. The van der Waals surface area contributed by atoms with Crippen LogP contribution >= 0.6 is 11.6 Å². The van der Waals surface area contributed by atoms with Crippen LogP contribution < -0.4 is 5.73 Å². The molecule has 2 heterocycles. The highest BCUT2D eigenvalue weighted by Crippen LogP contribution is 2.17. The molecule has 0 atom stereocenters. The molecule has 2 aromatic heterocycles. The van der Waals surface area contributed by atoms with Crippen LogP contribution in [-0.4, -0.2) is 9.38 Å². The normalized spacial score (nSPS) is 10.6. The molecule has 0 saturated heterocycles. The molecule has 0 spiro atoms. The van der Waals surface area contributed by atoms with E-state index in [1.807, 2.05) is 4.40 Å². The molecular formula is C7H6ClN3. The van der Waals surface area contributed by atoms with Gasteiger partial charge >= 0.3 is 0 Å². The fourth-order valence-electron chi connectivity index (χ4n) is 1.03. The third kappa shape index (κ3) is 0.935. The lowest BCUT2D eigenvalue weighted by Crippen LogP contribution is -1.83. The molecule has 0 amide bonds. The van der Waals surface area contributed by atoms with Crippen LogP contribution in [-0.2, 0) is 0 Å². The average molecular weight is 168 g/mol. The van der Waals surface area contributed by atoms with Crippen molar-refractivity contribution in [1.29, 1.82) is 0 Å². The van der Waals surface area contributed by atoms with Crippen molar-refractivity contribution < 1.29 is 0 Å². The van der Waals surface area contributed by atoms with Crippen LogP contribution in [0.5, 0.6) is 0 Å². The van der Waals surface area contributed by atoms with Crippen LogP contribution in [0.2, 0.25) is 5.15 Å². The summed E-state index contributed by atoms with van der Waals surface area (Å²) in [7, 11) is 0. The summed E-state index contributed by atoms with van der Waals surface area (Å²) in [5, 5.41) is 0.476. The van der Waals surface area contributed by atoms with Gasteiger partial charge in [0.05, 0.1) is 11.2 Å². The van der Waals surface area contributed by atoms with Crippen molar-refractivity contribution >= 4 is 22.8 Å². The van der Waals surface area contributed by atoms with Gasteiger partial charge in [0.1, 0.15) is 0 Å². The highest BCUT2D eigenvalue weighted by molar-refractivity contribution is 6.32. The maximum atomic E-state index is 5.78. The lowest BCUT2D eigenvalue weighted by molar-refractivity contribution is 1.14. The molecule has 2 rings (SSSR count). The zero-order chi connectivity index (χ0) is 7.84. The average Bonchev–Trinajstić information content (AvgIpc) is 2.31. The number of nitrogens with two attached hydrogens (primary N) is 1. The lowest BCUT2D eigenvalue weighted by atomic mass is 10.5. The number of hydrogen-bond donors (Lipinski definition) is 1. The molecule has 0 radical (unpaired) electrons. The first-order valence-electron chi connectivity index (χ1n) is 3.15. The Bertz CT molecular complexity index is 393. The summed E-state index contributed by atoms with van der Waals surface area (Å²) in [5.41, 5.74) is 7.09. The highest BCUT2D eigenvalue weighted by atomic mass is 35.5. The smallest absolute Gasteiger partial charge is 0.153 e. The van der Waals surface area contributed by atoms with Gasteiger partial charge in [-0.25, -0.2) is 4.98 Å². The molecule has 56 valence electrons. The fourth-order valence-corrected chi connectivity index (χ4v) is 1.23. The summed E-state index contributed by atoms with van der Waals surface area (Å²) in [5.74, 6) is 0. The van der Waals surface area contributed by atoms with Crippen molar-refractivity contribution in [1.82, 2.24) is 9.38 Å². The standard InChI is InChI=1S/C7H6ClN3/c8-7-6-3-5(9)4-11(6)2-1-10-7/h1-4H,9H2. The minimum atomic E-state index is 0.476. The number of nitrogens with zero attached hydrogens (tertiary/aromatic N) is 2. The van der Waals surface area contributed by atoms with Gasteiger partial charge in [-0.3, -0.25) is 0 Å². The third-order valence-electron chi connectivity index (χ3n) is 1.50. The summed E-state index contributed by atoms with van der Waals surface area (Å²) < 4.78 is 1.84. The number of hydrogen-bond acceptors (Lipinski definition) is 2. The SMILES string of the molecule is Nc1cc2c(Cl)nccn2c1. The molecule has 0 aliphatic rings. The number of halogens is 1. The summed E-state index contributed by atoms with van der Waals surface area (Å²) in [6.45, 7) is 0. The molecule has 0 fully saturated rings. The molecule has 2 aromatic rings. The van der Waals surface area contributed by atoms with Crippen LogP contribution in [0.1, 0.15) is 0 Å². The molecule has 0 aliphatic heterocycles. The maximum absolute atomic E-state index is 5.78. The van der Waals surface area contributed by atoms with E-state index in [4.69, 9.17) is 17.3 Å². The van der Waals surface area contributed by atoms with E-state index >= 15 is 0 Å². The zero-order valence-corrected chi connectivity index (χ0v) is 6.42. The van der Waals surface area contributed by atoms with Crippen LogP contribution in [0.3, 0.4) is 0 Å². The van der Waals surface area contributed by atoms with Gasteiger partial charge < -0.3 is 10.1 Å². The van der Waals surface area contributed by atoms with E-state index < -0.39 is 0 Å². The minimum absolute atomic E-state index is 0.476. The molecule has 2 N–H and O–H groups in total. The topological polar surface area (TPSA) is 43.3 Å². The van der Waals surface area contributed by atoms with Gasteiger partial charge in [0.15, 0.2) is 5.15 Å². The van der Waals surface area contributed by atoms with Crippen molar-refractivity contribution in [3.05, 3.63) is 29.8 Å². The van der Waals surface area contributed by atoms with Crippen LogP contribution in [0, 0.1) is 0 Å². The van der Waals surface area contributed by atoms with Gasteiger partial charge in [-0.1, -0.05) is 11.6 Å². The van der Waals surface area contributed by atoms with Gasteiger partial charge in [-0.15, -0.1) is 0 Å². The predicted octanol–water partition coefficient (Wildman–Crippen LogP) is 1.57. The second-order valence-corrected chi connectivity index (χ2v) is 2.64. The number of rotatable bonds is 0. The van der Waals surface area contributed by atoms with E-state index in [9.17, 15) is 0 Å². The van der Waals surface area contributed by atoms with Gasteiger partial charge in [-0.05, 0) is 6.07 Å². The Morgan fingerprint density at radius 1 is 1.55 bits per heavy atom. The Kier molecular flexibility index (Phi) is 1.26. The van der Waals surface area contributed by atoms with Gasteiger partial charge in [0, 0.05) is 18.6 Å². The number of anilines is 1. The molecule has 0 bridgehead atoms. The van der Waals surface area contributed by atoms with Crippen molar-refractivity contribution in [3.8, 4) is 0 Å². The van der Waals surface area contributed by atoms with Crippen LogP contribution in [0.4, 0.5) is 5.69 Å². The quantitative estimate of drug-likeness (QED) is 0.647. The number of fused-ring (bicyclic) bond motifs is 1. The molecule has 0 unspecified atom stereocenters. The van der Waals surface area contributed by atoms with E-state index in [1.54, 1.807) is 24.7 Å². The monoisotopic (exact) mass is 167 g/mol. The van der Waals surface area contributed by atoms with Crippen molar-refractivity contribution in [2.75, 3.05) is 5.73 Å². The fraction of sp³-hybridized carbons (Fsp3) is 0. The molecule has 3 nitrogen and oxygen atoms in total. The second kappa shape index (κ2) is 2.13. The Hall–Kier alpha value is -1.22. The third-order valence-corrected chi connectivity index (χ3v) is 1.79. The van der Waals surface area contributed by atoms with Gasteiger partial charge in [0.25, 0.3) is 0 Å². The summed E-state index contributed by atoms with van der Waals surface area (Å²) >= 11 is 5.78. The van der Waals surface area contributed by atoms with E-state index in [0.717, 1.165) is 5.52 Å². The van der Waals surface area contributed by atoms with Gasteiger partial charge in [-0.2, -0.15) is 0 Å². The van der Waals surface area contributed by atoms with Crippen LogP contribution in [0.15, 0.2) is 24.7 Å². The van der Waals surface area contributed by atoms with E-state index in [1.165, 1.54) is 0 Å². The van der Waals surface area contributed by atoms with Gasteiger partial charge in [0.2, 0.25) is 0 Å². The van der Waals surface area contributed by atoms with Crippen molar-refractivity contribution in [2.24, 2.45) is 0 Å². The summed E-state index contributed by atoms with van der Waals surface area (Å²) in [4.78, 5) is 3.91. The zero-order valence-electron chi connectivity index (χ0n) is 5.66. The number of nitrogen functional groups attached to an aromatic ring is 1. The van der Waals surface area contributed by atoms with E-state index in [0.29, 0.717) is 10.8 Å². The minimum Gasteiger partial charge on any atom is -0.397 e. The second-order valence-electron chi connectivity index (χ2n) is 2.28. The first-order valence-corrected chi connectivity index (χ1v) is 3.53. The Balaban J connectivity index is 2.90. The molecular weight excluding hydrogens is 162 g/mol. The largest absolute Gasteiger partial charge is 0.397 e. The van der Waals surface area contributed by atoms with Crippen molar-refractivity contribution in [2.45, 2.75) is 0 Å². The molecule has 11 heavy (non-hydrogen) atoms. The Morgan fingerprint density at radius 3 is 3.09 bits per heavy atom. The molecule has 4 heteroatoms. The molecule has 0 aliphatic carbocycles. The first kappa shape index (κ1) is 6.49. The molecule has 0 aromatic carbocycles. The van der Waals surface area contributed by atoms with E-state index in [2.05, 4.69) is 4.98 Å². The summed E-state index contributed by atoms with van der Waals surface area (Å²) in [6, 6.07) is 1.79. The molecule has 0 saturated carbocycles. The summed E-state index contributed by atoms with van der Waals surface area (Å²) in [6.07, 6.45) is 5.23. The highest BCUT2D eigenvalue weighted by Gasteiger charge is 1.99. The Morgan fingerprint density at radius 2 is 2.36 bits per heavy atom. The van der Waals surface area contributed by atoms with Crippen LogP contribution in [0.25, 0.3) is 5.52 Å². The number of aromatic nitrogens is 2. The Labute approximate surface area is 68.4 Å². The van der Waals surface area contributed by atoms with E-state index in [-0.39, 0.29) is 0 Å². The maximum Gasteiger partial charge on any atom is 0.153 e. The lowest BCUT2D eigenvalue weighted by Gasteiger charge is -1.92.